The van der Waals surface area contributed by atoms with Crippen LogP contribution in [0.4, 0.5) is 17.6 Å². The predicted molar refractivity (Wildman–Crippen MR) is 106 cm³/mol. The molecule has 0 saturated heterocycles. The summed E-state index contributed by atoms with van der Waals surface area (Å²) in [5.41, 5.74) is 7.56. The zero-order valence-corrected chi connectivity index (χ0v) is 16.3. The minimum Gasteiger partial charge on any atom is -0.438 e. The van der Waals surface area contributed by atoms with Gasteiger partial charge in [0.2, 0.25) is 0 Å². The quantitative estimate of drug-likeness (QED) is 0.705. The number of rotatable bonds is 4. The third-order valence-electron chi connectivity index (χ3n) is 5.26. The number of ether oxygens (including phenoxy) is 1. The van der Waals surface area contributed by atoms with Crippen molar-refractivity contribution in [2.24, 2.45) is 10.8 Å². The van der Waals surface area contributed by atoms with Gasteiger partial charge in [0.1, 0.15) is 5.75 Å². The zero-order chi connectivity index (χ0) is 21.5. The Morgan fingerprint density at radius 2 is 1.87 bits per heavy atom. The summed E-state index contributed by atoms with van der Waals surface area (Å²) < 4.78 is 58.4. The Balaban J connectivity index is 1.55. The number of halogens is 4. The molecule has 1 aliphatic carbocycles. The van der Waals surface area contributed by atoms with Crippen molar-refractivity contribution in [3.05, 3.63) is 71.3 Å². The van der Waals surface area contributed by atoms with Crippen molar-refractivity contribution in [2.45, 2.75) is 37.7 Å². The van der Waals surface area contributed by atoms with E-state index in [1.165, 1.54) is 6.08 Å². The Bertz CT molecular complexity index is 994. The monoisotopic (exact) mass is 419 g/mol. The van der Waals surface area contributed by atoms with Gasteiger partial charge in [0, 0.05) is 12.1 Å². The molecule has 158 valence electrons. The first kappa shape index (κ1) is 20.4. The molecule has 1 unspecified atom stereocenters. The SMILES string of the molecule is CCN1N=C(Oc2ccc(C(F)(F)F)cc2)C(F)C=C1c1cccc(C2(N)CC2)c1. The molecule has 4 rings (SSSR count). The van der Waals surface area contributed by atoms with Gasteiger partial charge in [0.25, 0.3) is 5.90 Å². The normalized spacial score (nSPS) is 20.5. The van der Waals surface area contributed by atoms with Gasteiger partial charge in [-0.1, -0.05) is 18.2 Å². The highest BCUT2D eigenvalue weighted by Gasteiger charge is 2.40. The van der Waals surface area contributed by atoms with E-state index in [1.807, 2.05) is 31.2 Å². The molecule has 2 aromatic rings. The van der Waals surface area contributed by atoms with E-state index in [2.05, 4.69) is 5.10 Å². The van der Waals surface area contributed by atoms with Crippen molar-refractivity contribution in [1.29, 1.82) is 0 Å². The number of hydrogen-bond donors (Lipinski definition) is 1. The fraction of sp³-hybridized carbons (Fsp3) is 0.318. The summed E-state index contributed by atoms with van der Waals surface area (Å²) in [6.07, 6.45) is -2.85. The van der Waals surface area contributed by atoms with E-state index in [-0.39, 0.29) is 17.2 Å². The third-order valence-corrected chi connectivity index (χ3v) is 5.26. The average Bonchev–Trinajstić information content (AvgIpc) is 3.48. The Hall–Kier alpha value is -2.87. The van der Waals surface area contributed by atoms with Gasteiger partial charge < -0.3 is 10.5 Å². The van der Waals surface area contributed by atoms with Crippen molar-refractivity contribution in [1.82, 2.24) is 5.01 Å². The van der Waals surface area contributed by atoms with Gasteiger partial charge in [0.15, 0.2) is 6.17 Å². The molecule has 2 aliphatic rings. The van der Waals surface area contributed by atoms with E-state index in [0.717, 1.165) is 48.2 Å². The molecule has 0 amide bonds. The average molecular weight is 419 g/mol. The van der Waals surface area contributed by atoms with Crippen molar-refractivity contribution in [2.75, 3.05) is 6.54 Å². The molecule has 4 nitrogen and oxygen atoms in total. The van der Waals surface area contributed by atoms with Gasteiger partial charge in [-0.3, -0.25) is 5.01 Å². The second-order valence-electron chi connectivity index (χ2n) is 7.47. The van der Waals surface area contributed by atoms with Crippen LogP contribution in [0, 0.1) is 0 Å². The van der Waals surface area contributed by atoms with Crippen molar-refractivity contribution in [3.8, 4) is 5.75 Å². The first-order chi connectivity index (χ1) is 14.2. The largest absolute Gasteiger partial charge is 0.438 e. The summed E-state index contributed by atoms with van der Waals surface area (Å²) in [4.78, 5) is 0. The highest BCUT2D eigenvalue weighted by molar-refractivity contribution is 5.89. The van der Waals surface area contributed by atoms with Crippen LogP contribution in [-0.2, 0) is 11.7 Å². The molecular formula is C22H21F4N3O. The molecule has 0 aromatic heterocycles. The van der Waals surface area contributed by atoms with Crippen LogP contribution >= 0.6 is 0 Å². The first-order valence-corrected chi connectivity index (χ1v) is 9.66. The Morgan fingerprint density at radius 3 is 2.47 bits per heavy atom. The van der Waals surface area contributed by atoms with E-state index in [1.54, 1.807) is 5.01 Å². The minimum absolute atomic E-state index is 0.0816. The molecule has 1 fully saturated rings. The van der Waals surface area contributed by atoms with Crippen molar-refractivity contribution >= 4 is 11.6 Å². The summed E-state index contributed by atoms with van der Waals surface area (Å²) in [5, 5.41) is 5.85. The minimum atomic E-state index is -4.45. The lowest BCUT2D eigenvalue weighted by Gasteiger charge is -2.28. The molecule has 30 heavy (non-hydrogen) atoms. The molecule has 1 atom stereocenters. The third kappa shape index (κ3) is 4.05. The van der Waals surface area contributed by atoms with Crippen molar-refractivity contribution < 1.29 is 22.3 Å². The maximum atomic E-state index is 14.8. The van der Waals surface area contributed by atoms with Crippen LogP contribution in [0.25, 0.3) is 5.70 Å². The summed E-state index contributed by atoms with van der Waals surface area (Å²) >= 11 is 0. The van der Waals surface area contributed by atoms with Crippen LogP contribution < -0.4 is 10.5 Å². The van der Waals surface area contributed by atoms with Gasteiger partial charge in [-0.15, -0.1) is 5.10 Å². The number of hydrazone groups is 1. The highest BCUT2D eigenvalue weighted by atomic mass is 19.4. The summed E-state index contributed by atoms with van der Waals surface area (Å²) in [6, 6.07) is 11.7. The standard InChI is InChI=1S/C22H21F4N3O/c1-2-29-19(14-4-3-5-16(12-14)21(27)10-11-21)13-18(23)20(28-29)30-17-8-6-15(7-9-17)22(24,25)26/h3-9,12-13,18H,2,10-11,27H2,1H3. The number of nitrogens with zero attached hydrogens (tertiary/aromatic N) is 2. The van der Waals surface area contributed by atoms with E-state index in [4.69, 9.17) is 10.5 Å². The van der Waals surface area contributed by atoms with Crippen LogP contribution in [0.5, 0.6) is 5.75 Å². The van der Waals surface area contributed by atoms with Crippen LogP contribution in [0.15, 0.2) is 59.7 Å². The van der Waals surface area contributed by atoms with Gasteiger partial charge in [-0.25, -0.2) is 4.39 Å². The van der Waals surface area contributed by atoms with Crippen LogP contribution in [0.2, 0.25) is 0 Å². The number of alkyl halides is 4. The second kappa shape index (κ2) is 7.43. The topological polar surface area (TPSA) is 50.8 Å². The summed E-state index contributed by atoms with van der Waals surface area (Å²) in [6.45, 7) is 2.32. The molecule has 1 aliphatic heterocycles. The molecule has 8 heteroatoms. The lowest BCUT2D eigenvalue weighted by Crippen LogP contribution is -2.32. The Morgan fingerprint density at radius 1 is 1.17 bits per heavy atom. The second-order valence-corrected chi connectivity index (χ2v) is 7.47. The number of nitrogens with two attached hydrogens (primary N) is 1. The van der Waals surface area contributed by atoms with Gasteiger partial charge in [-0.05, 0) is 67.3 Å². The maximum Gasteiger partial charge on any atom is 0.416 e. The summed E-state index contributed by atoms with van der Waals surface area (Å²) in [5.74, 6) is -0.146. The Labute approximate surface area is 171 Å². The molecule has 1 heterocycles. The van der Waals surface area contributed by atoms with E-state index >= 15 is 0 Å². The molecule has 0 bridgehead atoms. The zero-order valence-electron chi connectivity index (χ0n) is 16.3. The van der Waals surface area contributed by atoms with Crippen LogP contribution in [0.1, 0.15) is 36.5 Å². The van der Waals surface area contributed by atoms with Gasteiger partial charge >= 0.3 is 6.18 Å². The lowest BCUT2D eigenvalue weighted by atomic mass is 10.00. The van der Waals surface area contributed by atoms with Crippen molar-refractivity contribution in [3.63, 3.8) is 0 Å². The van der Waals surface area contributed by atoms with Crippen LogP contribution in [0.3, 0.4) is 0 Å². The van der Waals surface area contributed by atoms with Crippen LogP contribution in [-0.4, -0.2) is 23.6 Å². The highest BCUT2D eigenvalue weighted by Crippen LogP contribution is 2.43. The maximum absolute atomic E-state index is 14.8. The molecule has 0 spiro atoms. The fourth-order valence-electron chi connectivity index (χ4n) is 3.33. The first-order valence-electron chi connectivity index (χ1n) is 9.66. The van der Waals surface area contributed by atoms with E-state index in [0.29, 0.717) is 12.2 Å². The fourth-order valence-corrected chi connectivity index (χ4v) is 3.33. The van der Waals surface area contributed by atoms with E-state index < -0.39 is 17.9 Å². The lowest BCUT2D eigenvalue weighted by molar-refractivity contribution is -0.137. The molecule has 2 aromatic carbocycles. The van der Waals surface area contributed by atoms with E-state index in [9.17, 15) is 17.6 Å². The molecule has 0 radical (unpaired) electrons. The molecule has 1 saturated carbocycles. The van der Waals surface area contributed by atoms with Gasteiger partial charge in [0.05, 0.1) is 11.3 Å². The smallest absolute Gasteiger partial charge is 0.416 e. The predicted octanol–water partition coefficient (Wildman–Crippen LogP) is 5.06. The Kier molecular flexibility index (Phi) is 5.05. The number of hydrogen-bond acceptors (Lipinski definition) is 4. The molecular weight excluding hydrogens is 398 g/mol. The number of benzene rings is 2. The summed E-state index contributed by atoms with van der Waals surface area (Å²) in [7, 11) is 0. The molecule has 2 N–H and O–H groups in total. The van der Waals surface area contributed by atoms with Gasteiger partial charge in [-0.2, -0.15) is 13.2 Å².